The van der Waals surface area contributed by atoms with Crippen LogP contribution in [0.1, 0.15) is 25.0 Å². The maximum absolute atomic E-state index is 12.7. The van der Waals surface area contributed by atoms with E-state index in [2.05, 4.69) is 41.0 Å². The number of aryl methyl sites for hydroxylation is 1. The number of fused-ring (bicyclic) bond motifs is 1. The number of aromatic nitrogens is 3. The molecule has 5 nitrogen and oxygen atoms in total. The Hall–Kier alpha value is -2.99. The molecule has 0 spiro atoms. The van der Waals surface area contributed by atoms with E-state index in [0.717, 1.165) is 29.8 Å². The first-order valence-corrected chi connectivity index (χ1v) is 10.2. The lowest BCUT2D eigenvalue weighted by molar-refractivity contribution is 0.866. The van der Waals surface area contributed by atoms with Gasteiger partial charge in [0.25, 0.3) is 5.56 Å². The SMILES string of the molecule is CCN(CC)c1ccc(/C=c2/sc3nc(-c4cccc(C)c4)nn3c2=O)cc1. The van der Waals surface area contributed by atoms with E-state index in [1.54, 1.807) is 0 Å². The van der Waals surface area contributed by atoms with Crippen LogP contribution in [0.25, 0.3) is 22.4 Å². The summed E-state index contributed by atoms with van der Waals surface area (Å²) in [5.74, 6) is 0.585. The Balaban J connectivity index is 1.69. The molecule has 0 amide bonds. The average molecular weight is 391 g/mol. The first-order chi connectivity index (χ1) is 13.6. The van der Waals surface area contributed by atoms with E-state index in [0.29, 0.717) is 15.3 Å². The van der Waals surface area contributed by atoms with E-state index in [1.165, 1.54) is 21.5 Å². The summed E-state index contributed by atoms with van der Waals surface area (Å²) in [5.41, 5.74) is 4.12. The van der Waals surface area contributed by atoms with Crippen molar-refractivity contribution >= 4 is 28.1 Å². The molecule has 0 bridgehead atoms. The van der Waals surface area contributed by atoms with E-state index in [9.17, 15) is 4.79 Å². The molecule has 0 atom stereocenters. The van der Waals surface area contributed by atoms with Gasteiger partial charge >= 0.3 is 0 Å². The van der Waals surface area contributed by atoms with Gasteiger partial charge < -0.3 is 4.90 Å². The van der Waals surface area contributed by atoms with Crippen molar-refractivity contribution in [3.05, 3.63) is 74.5 Å². The van der Waals surface area contributed by atoms with Crippen molar-refractivity contribution in [2.24, 2.45) is 0 Å². The van der Waals surface area contributed by atoms with Crippen LogP contribution in [0.5, 0.6) is 0 Å². The van der Waals surface area contributed by atoms with Crippen LogP contribution in [-0.2, 0) is 0 Å². The third-order valence-electron chi connectivity index (χ3n) is 4.78. The Kier molecular flexibility index (Phi) is 4.96. The molecule has 0 saturated heterocycles. The number of thiazole rings is 1. The Bertz CT molecular complexity index is 1220. The minimum atomic E-state index is -0.126. The third-order valence-corrected chi connectivity index (χ3v) is 5.74. The highest BCUT2D eigenvalue weighted by Crippen LogP contribution is 2.18. The molecule has 6 heteroatoms. The van der Waals surface area contributed by atoms with E-state index >= 15 is 0 Å². The highest BCUT2D eigenvalue weighted by molar-refractivity contribution is 7.15. The lowest BCUT2D eigenvalue weighted by atomic mass is 10.1. The maximum Gasteiger partial charge on any atom is 0.291 e. The second-order valence-corrected chi connectivity index (χ2v) is 7.69. The maximum atomic E-state index is 12.7. The highest BCUT2D eigenvalue weighted by Gasteiger charge is 2.12. The standard InChI is InChI=1S/C22H22N4OS/c1-4-25(5-2)18-11-9-16(10-12-18)14-19-21(27)26-22(28-19)23-20(24-26)17-8-6-7-15(3)13-17/h6-14H,4-5H2,1-3H3/b19-14+. The summed E-state index contributed by atoms with van der Waals surface area (Å²) in [5, 5.41) is 4.42. The summed E-state index contributed by atoms with van der Waals surface area (Å²) in [6, 6.07) is 16.3. The first-order valence-electron chi connectivity index (χ1n) is 9.42. The molecule has 0 aliphatic heterocycles. The van der Waals surface area contributed by atoms with Gasteiger partial charge in [0, 0.05) is 24.3 Å². The largest absolute Gasteiger partial charge is 0.372 e. The van der Waals surface area contributed by atoms with Gasteiger partial charge in [0.05, 0.1) is 4.53 Å². The van der Waals surface area contributed by atoms with Crippen molar-refractivity contribution in [2.45, 2.75) is 20.8 Å². The summed E-state index contributed by atoms with van der Waals surface area (Å²) >= 11 is 1.37. The molecule has 0 fully saturated rings. The molecular formula is C22H22N4OS. The highest BCUT2D eigenvalue weighted by atomic mass is 32.1. The molecule has 0 aliphatic rings. The van der Waals surface area contributed by atoms with Crippen molar-refractivity contribution in [2.75, 3.05) is 18.0 Å². The van der Waals surface area contributed by atoms with Crippen molar-refractivity contribution in [1.29, 1.82) is 0 Å². The lowest BCUT2D eigenvalue weighted by Crippen LogP contribution is -2.23. The molecule has 4 aromatic rings. The number of hydrogen-bond acceptors (Lipinski definition) is 5. The lowest BCUT2D eigenvalue weighted by Gasteiger charge is -2.20. The summed E-state index contributed by atoms with van der Waals surface area (Å²) < 4.78 is 2.04. The van der Waals surface area contributed by atoms with Gasteiger partial charge in [-0.25, -0.2) is 0 Å². The Morgan fingerprint density at radius 3 is 2.50 bits per heavy atom. The topological polar surface area (TPSA) is 50.5 Å². The van der Waals surface area contributed by atoms with E-state index in [1.807, 2.05) is 49.4 Å². The number of rotatable bonds is 5. The molecule has 2 aromatic heterocycles. The van der Waals surface area contributed by atoms with E-state index in [4.69, 9.17) is 0 Å². The van der Waals surface area contributed by atoms with Crippen LogP contribution in [0, 0.1) is 6.92 Å². The molecule has 4 rings (SSSR count). The second kappa shape index (κ2) is 7.56. The van der Waals surface area contributed by atoms with Gasteiger partial charge in [-0.1, -0.05) is 47.2 Å². The van der Waals surface area contributed by atoms with Crippen LogP contribution in [0.4, 0.5) is 5.69 Å². The molecule has 2 aromatic carbocycles. The Labute approximate surface area is 167 Å². The number of hydrogen-bond donors (Lipinski definition) is 0. The third kappa shape index (κ3) is 3.43. The molecule has 0 saturated carbocycles. The fraction of sp³-hybridized carbons (Fsp3) is 0.227. The predicted octanol–water partition coefficient (Wildman–Crippen LogP) is 3.52. The molecule has 0 aliphatic carbocycles. The van der Waals surface area contributed by atoms with Crippen molar-refractivity contribution in [3.8, 4) is 11.4 Å². The van der Waals surface area contributed by atoms with E-state index in [-0.39, 0.29) is 5.56 Å². The number of benzene rings is 2. The second-order valence-electron chi connectivity index (χ2n) is 6.68. The summed E-state index contributed by atoms with van der Waals surface area (Å²) in [6.07, 6.45) is 1.90. The van der Waals surface area contributed by atoms with Gasteiger partial charge in [0.15, 0.2) is 5.82 Å². The van der Waals surface area contributed by atoms with Gasteiger partial charge in [-0.3, -0.25) is 4.79 Å². The van der Waals surface area contributed by atoms with Gasteiger partial charge in [-0.2, -0.15) is 9.50 Å². The fourth-order valence-corrected chi connectivity index (χ4v) is 4.17. The van der Waals surface area contributed by atoms with Crippen LogP contribution in [0.15, 0.2) is 53.3 Å². The number of nitrogens with zero attached hydrogens (tertiary/aromatic N) is 4. The molecular weight excluding hydrogens is 368 g/mol. The molecule has 2 heterocycles. The quantitative estimate of drug-likeness (QED) is 0.523. The zero-order valence-corrected chi connectivity index (χ0v) is 17.0. The average Bonchev–Trinajstić information content (AvgIpc) is 3.24. The minimum Gasteiger partial charge on any atom is -0.372 e. The summed E-state index contributed by atoms with van der Waals surface area (Å²) in [6.45, 7) is 8.27. The van der Waals surface area contributed by atoms with Gasteiger partial charge in [-0.15, -0.1) is 5.10 Å². The Morgan fingerprint density at radius 2 is 1.86 bits per heavy atom. The molecule has 0 unspecified atom stereocenters. The van der Waals surface area contributed by atoms with Crippen LogP contribution < -0.4 is 15.0 Å². The van der Waals surface area contributed by atoms with Crippen LogP contribution in [0.3, 0.4) is 0 Å². The normalized spacial score (nSPS) is 12.0. The predicted molar refractivity (Wildman–Crippen MR) is 116 cm³/mol. The fourth-order valence-electron chi connectivity index (χ4n) is 3.26. The smallest absolute Gasteiger partial charge is 0.291 e. The number of anilines is 1. The Morgan fingerprint density at radius 1 is 1.11 bits per heavy atom. The van der Waals surface area contributed by atoms with Crippen molar-refractivity contribution < 1.29 is 0 Å². The molecule has 28 heavy (non-hydrogen) atoms. The van der Waals surface area contributed by atoms with Gasteiger partial charge in [-0.05, 0) is 50.6 Å². The van der Waals surface area contributed by atoms with E-state index < -0.39 is 0 Å². The monoisotopic (exact) mass is 390 g/mol. The van der Waals surface area contributed by atoms with Crippen LogP contribution in [0.2, 0.25) is 0 Å². The van der Waals surface area contributed by atoms with Crippen molar-refractivity contribution in [1.82, 2.24) is 14.6 Å². The summed E-state index contributed by atoms with van der Waals surface area (Å²) in [4.78, 5) is 20.2. The first kappa shape index (κ1) is 18.4. The minimum absolute atomic E-state index is 0.126. The summed E-state index contributed by atoms with van der Waals surface area (Å²) in [7, 11) is 0. The van der Waals surface area contributed by atoms with Gasteiger partial charge in [0.2, 0.25) is 4.96 Å². The van der Waals surface area contributed by atoms with Crippen LogP contribution >= 0.6 is 11.3 Å². The molecule has 0 N–H and O–H groups in total. The molecule has 142 valence electrons. The molecule has 0 radical (unpaired) electrons. The van der Waals surface area contributed by atoms with Crippen molar-refractivity contribution in [3.63, 3.8) is 0 Å². The zero-order chi connectivity index (χ0) is 19.7. The van der Waals surface area contributed by atoms with Crippen LogP contribution in [-0.4, -0.2) is 27.7 Å². The zero-order valence-electron chi connectivity index (χ0n) is 16.2. The van der Waals surface area contributed by atoms with Gasteiger partial charge in [0.1, 0.15) is 0 Å².